The van der Waals surface area contributed by atoms with Crippen molar-refractivity contribution >= 4 is 11.8 Å². The van der Waals surface area contributed by atoms with Crippen molar-refractivity contribution in [2.24, 2.45) is 11.1 Å². The van der Waals surface area contributed by atoms with Crippen molar-refractivity contribution in [3.05, 3.63) is 0 Å². The maximum absolute atomic E-state index is 5.71. The van der Waals surface area contributed by atoms with Gasteiger partial charge in [0.1, 0.15) is 0 Å². The van der Waals surface area contributed by atoms with Crippen LogP contribution in [0.2, 0.25) is 0 Å². The average molecular weight is 157 g/mol. The smallest absolute Gasteiger partial charge is 0.0290 e. The Labute approximate surface area is 66.7 Å². The molecule has 2 fully saturated rings. The molecule has 0 bridgehead atoms. The van der Waals surface area contributed by atoms with Crippen molar-refractivity contribution in [2.75, 3.05) is 12.8 Å². The SMILES string of the molecule is CSC1(CN)CC2(CC2)C1. The fraction of sp³-hybridized carbons (Fsp3) is 1.00. The zero-order valence-electron chi connectivity index (χ0n) is 6.52. The summed E-state index contributed by atoms with van der Waals surface area (Å²) in [4.78, 5) is 0. The second-order valence-corrected chi connectivity index (χ2v) is 5.22. The molecule has 0 aromatic heterocycles. The van der Waals surface area contributed by atoms with Crippen molar-refractivity contribution in [3.8, 4) is 0 Å². The van der Waals surface area contributed by atoms with Crippen LogP contribution in [0.3, 0.4) is 0 Å². The van der Waals surface area contributed by atoms with E-state index in [-0.39, 0.29) is 0 Å². The lowest BCUT2D eigenvalue weighted by atomic mass is 9.71. The van der Waals surface area contributed by atoms with E-state index >= 15 is 0 Å². The lowest BCUT2D eigenvalue weighted by Crippen LogP contribution is -2.47. The van der Waals surface area contributed by atoms with Crippen LogP contribution in [0, 0.1) is 5.41 Å². The summed E-state index contributed by atoms with van der Waals surface area (Å²) >= 11 is 1.98. The summed E-state index contributed by atoms with van der Waals surface area (Å²) in [7, 11) is 0. The molecular formula is C8H15NS. The minimum Gasteiger partial charge on any atom is -0.329 e. The number of hydrogen-bond acceptors (Lipinski definition) is 2. The van der Waals surface area contributed by atoms with Crippen LogP contribution in [0.15, 0.2) is 0 Å². The van der Waals surface area contributed by atoms with Gasteiger partial charge in [-0.25, -0.2) is 0 Å². The molecule has 1 nitrogen and oxygen atoms in total. The minimum absolute atomic E-state index is 0.497. The zero-order valence-corrected chi connectivity index (χ0v) is 7.34. The molecule has 0 radical (unpaired) electrons. The summed E-state index contributed by atoms with van der Waals surface area (Å²) in [6.45, 7) is 0.885. The lowest BCUT2D eigenvalue weighted by molar-refractivity contribution is 0.211. The van der Waals surface area contributed by atoms with E-state index in [9.17, 15) is 0 Å². The van der Waals surface area contributed by atoms with Gasteiger partial charge in [-0.3, -0.25) is 0 Å². The van der Waals surface area contributed by atoms with E-state index in [1.54, 1.807) is 0 Å². The molecule has 2 N–H and O–H groups in total. The topological polar surface area (TPSA) is 26.0 Å². The Bertz CT molecular complexity index is 137. The molecule has 0 heterocycles. The van der Waals surface area contributed by atoms with Gasteiger partial charge >= 0.3 is 0 Å². The van der Waals surface area contributed by atoms with Gasteiger partial charge in [-0.2, -0.15) is 11.8 Å². The highest BCUT2D eigenvalue weighted by Crippen LogP contribution is 2.67. The third kappa shape index (κ3) is 0.817. The monoisotopic (exact) mass is 157 g/mol. The lowest BCUT2D eigenvalue weighted by Gasteiger charge is -2.47. The number of nitrogens with two attached hydrogens (primary N) is 1. The Morgan fingerprint density at radius 2 is 2.00 bits per heavy atom. The number of thioether (sulfide) groups is 1. The quantitative estimate of drug-likeness (QED) is 0.659. The van der Waals surface area contributed by atoms with Gasteiger partial charge in [0.15, 0.2) is 0 Å². The summed E-state index contributed by atoms with van der Waals surface area (Å²) in [5.41, 5.74) is 6.52. The first-order chi connectivity index (χ1) is 4.74. The van der Waals surface area contributed by atoms with Crippen LogP contribution in [0.25, 0.3) is 0 Å². The Morgan fingerprint density at radius 3 is 2.30 bits per heavy atom. The summed E-state index contributed by atoms with van der Waals surface area (Å²) in [6, 6.07) is 0. The Kier molecular flexibility index (Phi) is 1.34. The summed E-state index contributed by atoms with van der Waals surface area (Å²) in [5.74, 6) is 0. The molecule has 0 aliphatic heterocycles. The first-order valence-corrected chi connectivity index (χ1v) is 5.22. The van der Waals surface area contributed by atoms with Gasteiger partial charge in [-0.1, -0.05) is 0 Å². The maximum atomic E-state index is 5.71. The van der Waals surface area contributed by atoms with Gasteiger partial charge in [0.05, 0.1) is 0 Å². The fourth-order valence-electron chi connectivity index (χ4n) is 2.22. The van der Waals surface area contributed by atoms with Crippen LogP contribution in [0.5, 0.6) is 0 Å². The molecular weight excluding hydrogens is 142 g/mol. The Balaban J connectivity index is 1.95. The third-order valence-corrected chi connectivity index (χ3v) is 4.48. The zero-order chi connectivity index (χ0) is 7.24. The van der Waals surface area contributed by atoms with Gasteiger partial charge in [-0.05, 0) is 37.4 Å². The molecule has 58 valence electrons. The normalized spacial score (nSPS) is 31.8. The van der Waals surface area contributed by atoms with Gasteiger partial charge in [0.25, 0.3) is 0 Å². The highest BCUT2D eigenvalue weighted by Gasteiger charge is 2.59. The van der Waals surface area contributed by atoms with E-state index in [2.05, 4.69) is 6.26 Å². The van der Waals surface area contributed by atoms with Crippen LogP contribution in [-0.4, -0.2) is 17.5 Å². The molecule has 0 aromatic carbocycles. The average Bonchev–Trinajstić information content (AvgIpc) is 2.63. The molecule has 0 atom stereocenters. The van der Waals surface area contributed by atoms with Gasteiger partial charge in [0, 0.05) is 11.3 Å². The molecule has 2 saturated carbocycles. The maximum Gasteiger partial charge on any atom is 0.0290 e. The highest BCUT2D eigenvalue weighted by molar-refractivity contribution is 8.00. The standard InChI is InChI=1S/C8H15NS/c1-10-8(6-9)4-7(5-8)2-3-7/h2-6,9H2,1H3. The Morgan fingerprint density at radius 1 is 1.40 bits per heavy atom. The fourth-order valence-corrected chi connectivity index (χ4v) is 3.29. The third-order valence-electron chi connectivity index (χ3n) is 3.16. The molecule has 1 spiro atoms. The molecule has 0 saturated heterocycles. The van der Waals surface area contributed by atoms with E-state index in [4.69, 9.17) is 5.73 Å². The van der Waals surface area contributed by atoms with Crippen molar-refractivity contribution in [3.63, 3.8) is 0 Å². The largest absolute Gasteiger partial charge is 0.329 e. The summed E-state index contributed by atoms with van der Waals surface area (Å²) in [6.07, 6.45) is 7.96. The van der Waals surface area contributed by atoms with Crippen LogP contribution in [0.4, 0.5) is 0 Å². The number of hydrogen-bond donors (Lipinski definition) is 1. The molecule has 2 rings (SSSR count). The molecule has 2 heteroatoms. The molecule has 0 unspecified atom stereocenters. The van der Waals surface area contributed by atoms with E-state index < -0.39 is 0 Å². The molecule has 0 aromatic rings. The molecule has 2 aliphatic rings. The molecule has 0 amide bonds. The van der Waals surface area contributed by atoms with Crippen LogP contribution in [-0.2, 0) is 0 Å². The summed E-state index contributed by atoms with van der Waals surface area (Å²) < 4.78 is 0.497. The van der Waals surface area contributed by atoms with Crippen molar-refractivity contribution in [1.29, 1.82) is 0 Å². The predicted molar refractivity (Wildman–Crippen MR) is 46.2 cm³/mol. The second kappa shape index (κ2) is 1.92. The van der Waals surface area contributed by atoms with Crippen molar-refractivity contribution in [1.82, 2.24) is 0 Å². The summed E-state index contributed by atoms with van der Waals surface area (Å²) in [5, 5.41) is 0. The Hall–Kier alpha value is 0.310. The minimum atomic E-state index is 0.497. The van der Waals surface area contributed by atoms with E-state index in [0.29, 0.717) is 4.75 Å². The van der Waals surface area contributed by atoms with Gasteiger partial charge in [0.2, 0.25) is 0 Å². The van der Waals surface area contributed by atoms with Crippen LogP contribution < -0.4 is 5.73 Å². The molecule has 2 aliphatic carbocycles. The van der Waals surface area contributed by atoms with E-state index in [0.717, 1.165) is 12.0 Å². The number of rotatable bonds is 2. The highest BCUT2D eigenvalue weighted by atomic mass is 32.2. The van der Waals surface area contributed by atoms with E-state index in [1.165, 1.54) is 25.7 Å². The van der Waals surface area contributed by atoms with Crippen LogP contribution in [0.1, 0.15) is 25.7 Å². The first-order valence-electron chi connectivity index (χ1n) is 4.00. The van der Waals surface area contributed by atoms with E-state index in [1.807, 2.05) is 11.8 Å². The van der Waals surface area contributed by atoms with Crippen molar-refractivity contribution < 1.29 is 0 Å². The predicted octanol–water partition coefficient (Wildman–Crippen LogP) is 1.62. The van der Waals surface area contributed by atoms with Gasteiger partial charge < -0.3 is 5.73 Å². The van der Waals surface area contributed by atoms with Gasteiger partial charge in [-0.15, -0.1) is 0 Å². The van der Waals surface area contributed by atoms with Crippen LogP contribution >= 0.6 is 11.8 Å². The van der Waals surface area contributed by atoms with Crippen molar-refractivity contribution in [2.45, 2.75) is 30.4 Å². The second-order valence-electron chi connectivity index (χ2n) is 3.94. The molecule has 10 heavy (non-hydrogen) atoms. The first kappa shape index (κ1) is 6.99.